The van der Waals surface area contributed by atoms with E-state index in [1.165, 1.54) is 218 Å². The third-order valence-electron chi connectivity index (χ3n) is 11.6. The second kappa shape index (κ2) is 48.0. The van der Waals surface area contributed by atoms with E-state index in [0.717, 1.165) is 32.1 Å². The molecule has 56 heavy (non-hydrogen) atoms. The molecule has 0 radical (unpaired) electrons. The van der Waals surface area contributed by atoms with Gasteiger partial charge in [0.05, 0.1) is 18.8 Å². The lowest BCUT2D eigenvalue weighted by Crippen LogP contribution is -2.45. The van der Waals surface area contributed by atoms with E-state index in [0.29, 0.717) is 6.42 Å². The molecule has 4 nitrogen and oxygen atoms in total. The number of unbranched alkanes of at least 4 members (excludes halogenated alkanes) is 35. The van der Waals surface area contributed by atoms with Crippen LogP contribution in [-0.4, -0.2) is 34.9 Å². The summed E-state index contributed by atoms with van der Waals surface area (Å²) in [6.07, 6.45) is 64.4. The van der Waals surface area contributed by atoms with Gasteiger partial charge < -0.3 is 15.5 Å². The summed E-state index contributed by atoms with van der Waals surface area (Å²) >= 11 is 0. The lowest BCUT2D eigenvalue weighted by Gasteiger charge is -2.19. The van der Waals surface area contributed by atoms with Gasteiger partial charge in [-0.2, -0.15) is 0 Å². The fourth-order valence-electron chi connectivity index (χ4n) is 7.72. The predicted molar refractivity (Wildman–Crippen MR) is 248 cm³/mol. The Bertz CT molecular complexity index is 851. The predicted octanol–water partition coefficient (Wildman–Crippen LogP) is 16.1. The smallest absolute Gasteiger partial charge is 0.220 e. The van der Waals surface area contributed by atoms with Gasteiger partial charge in [0.1, 0.15) is 0 Å². The molecule has 1 amide bonds. The van der Waals surface area contributed by atoms with Crippen molar-refractivity contribution < 1.29 is 15.0 Å². The quantitative estimate of drug-likeness (QED) is 0.0425. The standard InChI is InChI=1S/C52H99NO3/c1-3-5-7-9-11-13-15-17-18-19-20-21-22-23-24-25-26-27-28-29-30-31-32-33-34-36-38-40-42-44-46-48-52(56)53-50(49-54)51(55)47-45-43-41-39-37-35-16-14-12-10-8-6-4-2/h19-20,37,39,45,47,50-51,54-55H,3-18,21-36,38,40-44,46,48-49H2,1-2H3,(H,53,56)/b20-19-,39-37+,47-45+. The van der Waals surface area contributed by atoms with Gasteiger partial charge in [-0.1, -0.05) is 243 Å². The Balaban J connectivity index is 3.45. The SMILES string of the molecule is CCCCCCCCC/C=C/CC/C=C/C(O)C(CO)NC(=O)CCCCCCCCCCCCCCCCCCCCC/C=C\CCCCCCCCCC. The first-order chi connectivity index (χ1) is 27.7. The molecule has 0 aromatic heterocycles. The van der Waals surface area contributed by atoms with E-state index in [1.807, 2.05) is 6.08 Å². The highest BCUT2D eigenvalue weighted by Gasteiger charge is 2.17. The summed E-state index contributed by atoms with van der Waals surface area (Å²) in [5.74, 6) is -0.0711. The Morgan fingerprint density at radius 3 is 1.04 bits per heavy atom. The highest BCUT2D eigenvalue weighted by atomic mass is 16.3. The molecule has 0 heterocycles. The average molecular weight is 786 g/mol. The van der Waals surface area contributed by atoms with Crippen molar-refractivity contribution in [1.29, 1.82) is 0 Å². The zero-order valence-electron chi connectivity index (χ0n) is 37.9. The van der Waals surface area contributed by atoms with Gasteiger partial charge in [0.25, 0.3) is 0 Å². The summed E-state index contributed by atoms with van der Waals surface area (Å²) in [4.78, 5) is 12.4. The van der Waals surface area contributed by atoms with Gasteiger partial charge in [-0.3, -0.25) is 4.79 Å². The van der Waals surface area contributed by atoms with Crippen LogP contribution < -0.4 is 5.32 Å². The zero-order valence-corrected chi connectivity index (χ0v) is 37.9. The van der Waals surface area contributed by atoms with Gasteiger partial charge in [0.15, 0.2) is 0 Å². The minimum Gasteiger partial charge on any atom is -0.394 e. The van der Waals surface area contributed by atoms with Gasteiger partial charge >= 0.3 is 0 Å². The third-order valence-corrected chi connectivity index (χ3v) is 11.6. The minimum atomic E-state index is -0.859. The molecule has 0 rings (SSSR count). The van der Waals surface area contributed by atoms with E-state index in [1.54, 1.807) is 6.08 Å². The number of hydrogen-bond donors (Lipinski definition) is 3. The van der Waals surface area contributed by atoms with Crippen LogP contribution in [0, 0.1) is 0 Å². The van der Waals surface area contributed by atoms with Crippen molar-refractivity contribution in [2.45, 2.75) is 283 Å². The van der Waals surface area contributed by atoms with E-state index < -0.39 is 12.1 Å². The van der Waals surface area contributed by atoms with Crippen molar-refractivity contribution in [3.8, 4) is 0 Å². The van der Waals surface area contributed by atoms with E-state index in [4.69, 9.17) is 0 Å². The summed E-state index contributed by atoms with van der Waals surface area (Å²) in [7, 11) is 0. The van der Waals surface area contributed by atoms with Crippen LogP contribution in [0.25, 0.3) is 0 Å². The largest absolute Gasteiger partial charge is 0.394 e. The molecule has 0 bridgehead atoms. The number of hydrogen-bond acceptors (Lipinski definition) is 3. The number of carbonyl (C=O) groups is 1. The topological polar surface area (TPSA) is 69.6 Å². The van der Waals surface area contributed by atoms with Crippen LogP contribution >= 0.6 is 0 Å². The van der Waals surface area contributed by atoms with Gasteiger partial charge in [0, 0.05) is 6.42 Å². The van der Waals surface area contributed by atoms with Crippen molar-refractivity contribution in [3.63, 3.8) is 0 Å². The molecule has 0 aliphatic rings. The van der Waals surface area contributed by atoms with Crippen molar-refractivity contribution in [3.05, 3.63) is 36.5 Å². The number of amides is 1. The van der Waals surface area contributed by atoms with Gasteiger partial charge in [-0.05, 0) is 57.8 Å². The van der Waals surface area contributed by atoms with Crippen molar-refractivity contribution >= 4 is 5.91 Å². The lowest BCUT2D eigenvalue weighted by atomic mass is 10.0. The fourth-order valence-corrected chi connectivity index (χ4v) is 7.72. The maximum Gasteiger partial charge on any atom is 0.220 e. The number of aliphatic hydroxyl groups excluding tert-OH is 2. The summed E-state index contributed by atoms with van der Waals surface area (Å²) < 4.78 is 0. The van der Waals surface area contributed by atoms with E-state index in [9.17, 15) is 15.0 Å². The molecule has 0 spiro atoms. The number of carbonyl (C=O) groups excluding carboxylic acids is 1. The first-order valence-electron chi connectivity index (χ1n) is 25.2. The van der Waals surface area contributed by atoms with Crippen LogP contribution in [0.1, 0.15) is 271 Å². The normalized spacial score (nSPS) is 13.1. The monoisotopic (exact) mass is 786 g/mol. The molecule has 2 atom stereocenters. The second-order valence-electron chi connectivity index (χ2n) is 17.2. The van der Waals surface area contributed by atoms with E-state index in [-0.39, 0.29) is 12.5 Å². The van der Waals surface area contributed by atoms with Crippen LogP contribution in [0.2, 0.25) is 0 Å². The average Bonchev–Trinajstić information content (AvgIpc) is 3.20. The summed E-state index contributed by atoms with van der Waals surface area (Å²) in [5, 5.41) is 23.0. The maximum absolute atomic E-state index is 12.4. The van der Waals surface area contributed by atoms with Crippen LogP contribution in [0.5, 0.6) is 0 Å². The molecule has 0 saturated heterocycles. The Morgan fingerprint density at radius 1 is 0.411 bits per heavy atom. The number of rotatable bonds is 46. The molecule has 0 aromatic carbocycles. The molecule has 0 aromatic rings. The maximum atomic E-state index is 12.4. The van der Waals surface area contributed by atoms with Crippen LogP contribution in [-0.2, 0) is 4.79 Å². The highest BCUT2D eigenvalue weighted by molar-refractivity contribution is 5.76. The van der Waals surface area contributed by atoms with Crippen LogP contribution in [0.4, 0.5) is 0 Å². The van der Waals surface area contributed by atoms with Crippen LogP contribution in [0.15, 0.2) is 36.5 Å². The summed E-state index contributed by atoms with van der Waals surface area (Å²) in [6.45, 7) is 4.30. The van der Waals surface area contributed by atoms with Gasteiger partial charge in [-0.25, -0.2) is 0 Å². The zero-order chi connectivity index (χ0) is 40.7. The molecule has 4 heteroatoms. The van der Waals surface area contributed by atoms with Crippen LogP contribution in [0.3, 0.4) is 0 Å². The molecule has 330 valence electrons. The molecule has 0 aliphatic carbocycles. The van der Waals surface area contributed by atoms with Gasteiger partial charge in [-0.15, -0.1) is 0 Å². The Morgan fingerprint density at radius 2 is 0.696 bits per heavy atom. The van der Waals surface area contributed by atoms with Crippen molar-refractivity contribution in [1.82, 2.24) is 5.32 Å². The Labute approximate surface area is 351 Å². The summed E-state index contributed by atoms with van der Waals surface area (Å²) in [5.41, 5.74) is 0. The third kappa shape index (κ3) is 43.7. The molecular weight excluding hydrogens is 687 g/mol. The van der Waals surface area contributed by atoms with Crippen molar-refractivity contribution in [2.75, 3.05) is 6.61 Å². The molecular formula is C52H99NO3. The van der Waals surface area contributed by atoms with E-state index in [2.05, 4.69) is 43.5 Å². The second-order valence-corrected chi connectivity index (χ2v) is 17.2. The van der Waals surface area contributed by atoms with E-state index >= 15 is 0 Å². The molecule has 0 saturated carbocycles. The van der Waals surface area contributed by atoms with Gasteiger partial charge in [0.2, 0.25) is 5.91 Å². The highest BCUT2D eigenvalue weighted by Crippen LogP contribution is 2.16. The number of aliphatic hydroxyl groups is 2. The molecule has 2 unspecified atom stereocenters. The van der Waals surface area contributed by atoms with Crippen molar-refractivity contribution in [2.24, 2.45) is 0 Å². The summed E-state index contributed by atoms with van der Waals surface area (Å²) in [6, 6.07) is -0.636. The lowest BCUT2D eigenvalue weighted by molar-refractivity contribution is -0.123. The first-order valence-corrected chi connectivity index (χ1v) is 25.2. The molecule has 0 fully saturated rings. The Hall–Kier alpha value is -1.39. The molecule has 0 aliphatic heterocycles. The number of nitrogens with one attached hydrogen (secondary N) is 1. The Kier molecular flexibility index (Phi) is 46.8. The minimum absolute atomic E-state index is 0.0711. The first kappa shape index (κ1) is 54.6. The number of allylic oxidation sites excluding steroid dienone is 5. The molecule has 3 N–H and O–H groups in total. The fraction of sp³-hybridized carbons (Fsp3) is 0.865.